The highest BCUT2D eigenvalue weighted by Gasteiger charge is 2.04. The Morgan fingerprint density at radius 3 is 2.19 bits per heavy atom. The van der Waals surface area contributed by atoms with Crippen LogP contribution in [0, 0.1) is 11.6 Å². The molecule has 0 spiro atoms. The zero-order valence-corrected chi connectivity index (χ0v) is 9.93. The van der Waals surface area contributed by atoms with Crippen molar-refractivity contribution in [3.05, 3.63) is 59.1 Å². The first-order chi connectivity index (χ1) is 7.65. The molecule has 0 aliphatic rings. The summed E-state index contributed by atoms with van der Waals surface area (Å²) in [5.41, 5.74) is 0. The molecule has 2 rings (SSSR count). The number of hydrogen-bond donors (Lipinski definition) is 0. The minimum Gasteiger partial charge on any atom is -0.207 e. The van der Waals surface area contributed by atoms with Crippen molar-refractivity contribution in [2.75, 3.05) is 0 Å². The monoisotopic (exact) mass is 256 g/mol. The molecule has 1 atom stereocenters. The Bertz CT molecular complexity index is 494. The van der Waals surface area contributed by atoms with Crippen LogP contribution in [0.1, 0.15) is 0 Å². The second kappa shape index (κ2) is 4.90. The van der Waals surface area contributed by atoms with Crippen LogP contribution in [-0.2, 0) is 0 Å². The van der Waals surface area contributed by atoms with E-state index in [1.807, 2.05) is 18.2 Å². The molecule has 0 radical (unpaired) electrons. The summed E-state index contributed by atoms with van der Waals surface area (Å²) in [6, 6.07) is 10.8. The molecule has 0 aliphatic heterocycles. The van der Waals surface area contributed by atoms with Crippen molar-refractivity contribution in [3.8, 4) is 0 Å². The van der Waals surface area contributed by atoms with Crippen LogP contribution >= 0.6 is 20.2 Å². The molecule has 0 aliphatic carbocycles. The minimum atomic E-state index is -0.561. The van der Waals surface area contributed by atoms with E-state index in [0.29, 0.717) is 10.3 Å². The lowest BCUT2D eigenvalue weighted by Crippen LogP contribution is -2.05. The van der Waals surface area contributed by atoms with Crippen LogP contribution in [-0.4, -0.2) is 0 Å². The Labute approximate surface area is 99.0 Å². The van der Waals surface area contributed by atoms with Gasteiger partial charge in [0.05, 0.1) is 0 Å². The predicted molar refractivity (Wildman–Crippen MR) is 65.4 cm³/mol. The normalized spacial score (nSPS) is 11.2. The molecule has 0 amide bonds. The highest BCUT2D eigenvalue weighted by molar-refractivity contribution is 7.55. The van der Waals surface area contributed by atoms with Crippen LogP contribution in [0.25, 0.3) is 0 Å². The van der Waals surface area contributed by atoms with Crippen molar-refractivity contribution < 1.29 is 8.78 Å². The predicted octanol–water partition coefficient (Wildman–Crippen LogP) is 3.25. The molecule has 0 N–H and O–H groups in total. The van der Waals surface area contributed by atoms with Crippen LogP contribution in [0.4, 0.5) is 8.78 Å². The summed E-state index contributed by atoms with van der Waals surface area (Å²) < 4.78 is 25.9. The average Bonchev–Trinajstić information content (AvgIpc) is 2.20. The van der Waals surface area contributed by atoms with Gasteiger partial charge in [-0.1, -0.05) is 38.4 Å². The molecule has 4 heteroatoms. The highest BCUT2D eigenvalue weighted by Crippen LogP contribution is 2.18. The molecular formula is C12H8ClF2P. The van der Waals surface area contributed by atoms with Crippen molar-refractivity contribution >= 4 is 30.8 Å². The largest absolute Gasteiger partial charge is 0.207 e. The van der Waals surface area contributed by atoms with Crippen molar-refractivity contribution in [1.82, 2.24) is 0 Å². The Kier molecular flexibility index (Phi) is 3.52. The van der Waals surface area contributed by atoms with Crippen LogP contribution < -0.4 is 10.6 Å². The van der Waals surface area contributed by atoms with Crippen LogP contribution in [0.3, 0.4) is 0 Å². The molecule has 2 aromatic rings. The van der Waals surface area contributed by atoms with Crippen LogP contribution in [0.2, 0.25) is 5.02 Å². The summed E-state index contributed by atoms with van der Waals surface area (Å²) in [6.07, 6.45) is 0. The van der Waals surface area contributed by atoms with E-state index in [0.717, 1.165) is 11.4 Å². The van der Waals surface area contributed by atoms with Crippen LogP contribution in [0.5, 0.6) is 0 Å². The summed E-state index contributed by atoms with van der Waals surface area (Å²) >= 11 is 5.97. The van der Waals surface area contributed by atoms with Gasteiger partial charge in [0.2, 0.25) is 0 Å². The van der Waals surface area contributed by atoms with Crippen molar-refractivity contribution in [3.63, 3.8) is 0 Å². The Morgan fingerprint density at radius 1 is 0.938 bits per heavy atom. The van der Waals surface area contributed by atoms with E-state index in [1.165, 1.54) is 12.1 Å². The first-order valence-electron chi connectivity index (χ1n) is 4.63. The maximum Gasteiger partial charge on any atom is 0.126 e. The van der Waals surface area contributed by atoms with Gasteiger partial charge >= 0.3 is 0 Å². The lowest BCUT2D eigenvalue weighted by Gasteiger charge is -2.04. The molecular weight excluding hydrogens is 249 g/mol. The van der Waals surface area contributed by atoms with Gasteiger partial charge in [-0.3, -0.25) is 0 Å². The Hall–Kier alpha value is -0.980. The van der Waals surface area contributed by atoms with Gasteiger partial charge in [-0.25, -0.2) is 8.78 Å². The fraction of sp³-hybridized carbons (Fsp3) is 0. The summed E-state index contributed by atoms with van der Waals surface area (Å²) in [7, 11) is 0.156. The van der Waals surface area contributed by atoms with Gasteiger partial charge in [0.25, 0.3) is 0 Å². The third-order valence-electron chi connectivity index (χ3n) is 2.02. The van der Waals surface area contributed by atoms with Crippen molar-refractivity contribution in [1.29, 1.82) is 0 Å². The zero-order valence-electron chi connectivity index (χ0n) is 8.18. The zero-order chi connectivity index (χ0) is 11.5. The molecule has 0 aromatic heterocycles. The summed E-state index contributed by atoms with van der Waals surface area (Å²) in [6.45, 7) is 0. The van der Waals surface area contributed by atoms with Crippen molar-refractivity contribution in [2.24, 2.45) is 0 Å². The lowest BCUT2D eigenvalue weighted by molar-refractivity contribution is 0.585. The topological polar surface area (TPSA) is 0 Å². The standard InChI is InChI=1S/C12H8ClF2P/c13-11-3-1-2-4-12(11)16-10-6-8(14)5-9(15)7-10/h1-7,16H. The Morgan fingerprint density at radius 2 is 1.56 bits per heavy atom. The maximum atomic E-state index is 13.0. The van der Waals surface area contributed by atoms with Gasteiger partial charge in [-0.2, -0.15) is 0 Å². The minimum absolute atomic E-state index is 0.156. The average molecular weight is 257 g/mol. The van der Waals surface area contributed by atoms with E-state index in [-0.39, 0.29) is 8.58 Å². The van der Waals surface area contributed by atoms with E-state index < -0.39 is 11.6 Å². The fourth-order valence-electron chi connectivity index (χ4n) is 1.34. The van der Waals surface area contributed by atoms with E-state index in [1.54, 1.807) is 6.07 Å². The second-order valence-electron chi connectivity index (χ2n) is 3.26. The Balaban J connectivity index is 2.30. The smallest absolute Gasteiger partial charge is 0.126 e. The van der Waals surface area contributed by atoms with Gasteiger partial charge in [-0.05, 0) is 28.8 Å². The molecule has 2 aromatic carbocycles. The number of benzene rings is 2. The summed E-state index contributed by atoms with van der Waals surface area (Å²) in [4.78, 5) is 0. The van der Waals surface area contributed by atoms with Gasteiger partial charge < -0.3 is 0 Å². The van der Waals surface area contributed by atoms with E-state index >= 15 is 0 Å². The first kappa shape index (κ1) is 11.5. The van der Waals surface area contributed by atoms with Crippen molar-refractivity contribution in [2.45, 2.75) is 0 Å². The highest BCUT2D eigenvalue weighted by atomic mass is 35.5. The third-order valence-corrected chi connectivity index (χ3v) is 3.79. The van der Waals surface area contributed by atoms with Gasteiger partial charge in [0, 0.05) is 11.1 Å². The molecule has 0 fully saturated rings. The lowest BCUT2D eigenvalue weighted by atomic mass is 10.3. The summed E-state index contributed by atoms with van der Waals surface area (Å²) in [5, 5.41) is 2.10. The maximum absolute atomic E-state index is 13.0. The van der Waals surface area contributed by atoms with Crippen LogP contribution in [0.15, 0.2) is 42.5 Å². The van der Waals surface area contributed by atoms with Gasteiger partial charge in [0.1, 0.15) is 11.6 Å². The second-order valence-corrected chi connectivity index (χ2v) is 5.04. The first-order valence-corrected chi connectivity index (χ1v) is 6.00. The van der Waals surface area contributed by atoms with E-state index in [9.17, 15) is 8.78 Å². The number of rotatable bonds is 2. The molecule has 1 unspecified atom stereocenters. The molecule has 0 saturated heterocycles. The fourth-order valence-corrected chi connectivity index (χ4v) is 2.73. The number of halogens is 3. The molecule has 0 nitrogen and oxygen atoms in total. The number of hydrogen-bond acceptors (Lipinski definition) is 0. The summed E-state index contributed by atoms with van der Waals surface area (Å²) in [5.74, 6) is -1.12. The van der Waals surface area contributed by atoms with E-state index in [4.69, 9.17) is 11.6 Å². The third kappa shape index (κ3) is 2.78. The van der Waals surface area contributed by atoms with Gasteiger partial charge in [0.15, 0.2) is 0 Å². The van der Waals surface area contributed by atoms with Gasteiger partial charge in [-0.15, -0.1) is 0 Å². The molecule has 82 valence electrons. The quantitative estimate of drug-likeness (QED) is 0.724. The molecule has 0 saturated carbocycles. The SMILES string of the molecule is Fc1cc(F)cc(Pc2ccccc2Cl)c1. The van der Waals surface area contributed by atoms with E-state index in [2.05, 4.69) is 0 Å². The molecule has 16 heavy (non-hydrogen) atoms. The molecule has 0 heterocycles. The molecule has 0 bridgehead atoms.